The van der Waals surface area contributed by atoms with Gasteiger partial charge in [-0.1, -0.05) is 64.3 Å². The fourth-order valence-electron chi connectivity index (χ4n) is 3.59. The van der Waals surface area contributed by atoms with Gasteiger partial charge in [-0.15, -0.1) is 0 Å². The van der Waals surface area contributed by atoms with Gasteiger partial charge in [0.1, 0.15) is 17.7 Å². The molecular formula is C27H45N3O4. The van der Waals surface area contributed by atoms with Crippen molar-refractivity contribution in [3.05, 3.63) is 35.4 Å². The van der Waals surface area contributed by atoms with E-state index in [0.717, 1.165) is 49.7 Å². The van der Waals surface area contributed by atoms with Crippen molar-refractivity contribution in [1.29, 1.82) is 0 Å². The van der Waals surface area contributed by atoms with Crippen molar-refractivity contribution in [1.82, 2.24) is 15.5 Å². The van der Waals surface area contributed by atoms with Crippen molar-refractivity contribution in [2.24, 2.45) is 0 Å². The van der Waals surface area contributed by atoms with E-state index in [1.54, 1.807) is 32.6 Å². The Hall–Kier alpha value is -2.57. The Balaban J connectivity index is 3.26. The van der Waals surface area contributed by atoms with Crippen molar-refractivity contribution >= 4 is 17.9 Å². The molecule has 0 fully saturated rings. The second kappa shape index (κ2) is 14.6. The number of hydrogen-bond donors (Lipinski definition) is 2. The second-order valence-corrected chi connectivity index (χ2v) is 9.75. The molecule has 0 aliphatic carbocycles. The monoisotopic (exact) mass is 475 g/mol. The molecule has 0 aliphatic rings. The number of alkyl carbamates (subject to hydrolysis) is 1. The third-order valence-corrected chi connectivity index (χ3v) is 5.48. The topological polar surface area (TPSA) is 87.7 Å². The minimum Gasteiger partial charge on any atom is -0.444 e. The summed E-state index contributed by atoms with van der Waals surface area (Å²) in [6.45, 7) is 14.2. The van der Waals surface area contributed by atoms with Crippen LogP contribution in [0.2, 0.25) is 0 Å². The fourth-order valence-corrected chi connectivity index (χ4v) is 3.59. The highest BCUT2D eigenvalue weighted by Gasteiger charge is 2.34. The normalized spacial score (nSPS) is 13.0. The summed E-state index contributed by atoms with van der Waals surface area (Å²) in [5.74, 6) is -0.510. The van der Waals surface area contributed by atoms with Crippen LogP contribution >= 0.6 is 0 Å². The molecule has 0 saturated heterocycles. The third-order valence-electron chi connectivity index (χ3n) is 5.48. The fraction of sp³-hybridized carbons (Fsp3) is 0.667. The zero-order chi connectivity index (χ0) is 25.7. The highest BCUT2D eigenvalue weighted by molar-refractivity contribution is 5.92. The molecule has 1 aromatic carbocycles. The minimum atomic E-state index is -0.836. The highest BCUT2D eigenvalue weighted by Crippen LogP contribution is 2.24. The third kappa shape index (κ3) is 10.1. The lowest BCUT2D eigenvalue weighted by molar-refractivity contribution is -0.142. The lowest BCUT2D eigenvalue weighted by atomic mass is 10.00. The molecular weight excluding hydrogens is 430 g/mol. The Bertz CT molecular complexity index is 771. The van der Waals surface area contributed by atoms with E-state index in [9.17, 15) is 14.4 Å². The summed E-state index contributed by atoms with van der Waals surface area (Å²) in [5.41, 5.74) is 1.26. The smallest absolute Gasteiger partial charge is 0.408 e. The molecule has 0 bridgehead atoms. The number of unbranched alkanes of at least 4 members (excludes halogenated alkanes) is 3. The summed E-state index contributed by atoms with van der Waals surface area (Å²) in [6.07, 6.45) is 4.78. The molecule has 192 valence electrons. The van der Waals surface area contributed by atoms with Crippen LogP contribution in [0.25, 0.3) is 0 Å². The molecule has 1 aromatic rings. The summed E-state index contributed by atoms with van der Waals surface area (Å²) in [6, 6.07) is 6.24. The highest BCUT2D eigenvalue weighted by atomic mass is 16.6. The number of rotatable bonds is 13. The van der Waals surface area contributed by atoms with E-state index < -0.39 is 23.8 Å². The Labute approximate surface area is 206 Å². The van der Waals surface area contributed by atoms with Gasteiger partial charge in [0.2, 0.25) is 11.8 Å². The van der Waals surface area contributed by atoms with Crippen LogP contribution in [0.1, 0.15) is 97.7 Å². The predicted molar refractivity (Wildman–Crippen MR) is 137 cm³/mol. The molecule has 0 aromatic heterocycles. The zero-order valence-electron chi connectivity index (χ0n) is 22.2. The Morgan fingerprint density at radius 1 is 0.971 bits per heavy atom. The van der Waals surface area contributed by atoms with Crippen molar-refractivity contribution in [2.45, 2.75) is 105 Å². The van der Waals surface area contributed by atoms with E-state index in [1.807, 2.05) is 24.3 Å². The Morgan fingerprint density at radius 3 is 2.12 bits per heavy atom. The van der Waals surface area contributed by atoms with Gasteiger partial charge in [-0.2, -0.15) is 0 Å². The van der Waals surface area contributed by atoms with E-state index in [-0.39, 0.29) is 11.8 Å². The van der Waals surface area contributed by atoms with Crippen molar-refractivity contribution in [3.63, 3.8) is 0 Å². The maximum atomic E-state index is 13.6. The number of amides is 3. The van der Waals surface area contributed by atoms with Crippen LogP contribution in [0.3, 0.4) is 0 Å². The molecule has 2 unspecified atom stereocenters. The molecule has 1 rings (SSSR count). The van der Waals surface area contributed by atoms with Crippen molar-refractivity contribution in [2.75, 3.05) is 13.1 Å². The predicted octanol–water partition coefficient (Wildman–Crippen LogP) is 5.14. The van der Waals surface area contributed by atoms with Crippen molar-refractivity contribution < 1.29 is 19.1 Å². The maximum absolute atomic E-state index is 13.6. The van der Waals surface area contributed by atoms with Crippen LogP contribution in [0, 0.1) is 0 Å². The van der Waals surface area contributed by atoms with Crippen LogP contribution in [-0.4, -0.2) is 47.5 Å². The van der Waals surface area contributed by atoms with Gasteiger partial charge in [-0.05, 0) is 58.1 Å². The second-order valence-electron chi connectivity index (χ2n) is 9.75. The number of carbonyl (C=O) groups is 3. The number of carbonyl (C=O) groups excluding carboxylic acids is 3. The van der Waals surface area contributed by atoms with Gasteiger partial charge < -0.3 is 20.3 Å². The van der Waals surface area contributed by atoms with Crippen LogP contribution in [0.4, 0.5) is 4.79 Å². The van der Waals surface area contributed by atoms with Gasteiger partial charge in [0, 0.05) is 13.1 Å². The minimum absolute atomic E-state index is 0.202. The summed E-state index contributed by atoms with van der Waals surface area (Å²) < 4.78 is 5.32. The van der Waals surface area contributed by atoms with Crippen molar-refractivity contribution in [3.8, 4) is 0 Å². The number of nitrogens with zero attached hydrogens (tertiary/aromatic N) is 1. The number of hydrogen-bond acceptors (Lipinski definition) is 4. The van der Waals surface area contributed by atoms with Gasteiger partial charge in [0.25, 0.3) is 0 Å². The molecule has 7 heteroatoms. The van der Waals surface area contributed by atoms with E-state index in [1.165, 1.54) is 0 Å². The number of ether oxygens (including phenoxy) is 1. The van der Waals surface area contributed by atoms with Gasteiger partial charge in [-0.3, -0.25) is 9.59 Å². The van der Waals surface area contributed by atoms with E-state index in [2.05, 4.69) is 31.4 Å². The molecule has 0 radical (unpaired) electrons. The first-order valence-electron chi connectivity index (χ1n) is 12.7. The van der Waals surface area contributed by atoms with E-state index in [0.29, 0.717) is 13.1 Å². The van der Waals surface area contributed by atoms with Gasteiger partial charge >= 0.3 is 6.09 Å². The van der Waals surface area contributed by atoms with Crippen LogP contribution in [0.5, 0.6) is 0 Å². The molecule has 0 saturated carbocycles. The molecule has 34 heavy (non-hydrogen) atoms. The number of aryl methyl sites for hydroxylation is 1. The summed E-state index contributed by atoms with van der Waals surface area (Å²) >= 11 is 0. The largest absolute Gasteiger partial charge is 0.444 e. The first kappa shape index (κ1) is 29.5. The molecule has 0 heterocycles. The maximum Gasteiger partial charge on any atom is 0.408 e. The summed E-state index contributed by atoms with van der Waals surface area (Å²) in [5, 5.41) is 5.64. The summed E-state index contributed by atoms with van der Waals surface area (Å²) in [7, 11) is 0. The molecule has 7 nitrogen and oxygen atoms in total. The quantitative estimate of drug-likeness (QED) is 0.387. The molecule has 0 spiro atoms. The lowest BCUT2D eigenvalue weighted by Crippen LogP contribution is -2.52. The first-order valence-corrected chi connectivity index (χ1v) is 12.7. The molecule has 2 N–H and O–H groups in total. The van der Waals surface area contributed by atoms with Gasteiger partial charge in [-0.25, -0.2) is 4.79 Å². The van der Waals surface area contributed by atoms with Crippen LogP contribution in [0.15, 0.2) is 24.3 Å². The number of nitrogens with one attached hydrogen (secondary N) is 2. The van der Waals surface area contributed by atoms with Gasteiger partial charge in [0.05, 0.1) is 0 Å². The van der Waals surface area contributed by atoms with E-state index in [4.69, 9.17) is 4.74 Å². The zero-order valence-corrected chi connectivity index (χ0v) is 22.2. The average molecular weight is 476 g/mol. The summed E-state index contributed by atoms with van der Waals surface area (Å²) in [4.78, 5) is 40.9. The lowest BCUT2D eigenvalue weighted by Gasteiger charge is -2.34. The van der Waals surface area contributed by atoms with Crippen LogP contribution < -0.4 is 10.6 Å². The Morgan fingerprint density at radius 2 is 1.59 bits per heavy atom. The first-order chi connectivity index (χ1) is 16.0. The standard InChI is InChI=1S/C27H45N3O4/c1-8-11-13-19-30(25(32)20(4)29-26(33)34-27(5,6)7)23(24(31)28-18-12-9-2)22-16-14-21(10-3)15-17-22/h14-17,20,23H,8-13,18-19H2,1-7H3,(H,28,31)(H,29,33). The molecule has 2 atom stereocenters. The van der Waals surface area contributed by atoms with Gasteiger partial charge in [0.15, 0.2) is 0 Å². The average Bonchev–Trinajstić information content (AvgIpc) is 2.77. The number of benzene rings is 1. The van der Waals surface area contributed by atoms with E-state index >= 15 is 0 Å². The Kier molecular flexibility index (Phi) is 12.7. The SMILES string of the molecule is CCCCCN(C(=O)C(C)NC(=O)OC(C)(C)C)C(C(=O)NCCCC)c1ccc(CC)cc1. The van der Waals surface area contributed by atoms with Crippen LogP contribution in [-0.2, 0) is 20.7 Å². The molecule has 3 amide bonds. The molecule has 0 aliphatic heterocycles.